The number of para-hydroxylation sites is 1. The number of aliphatic hydroxyl groups is 1. The number of carbonyl (C=O) groups excluding carboxylic acids is 4. The first-order chi connectivity index (χ1) is 33.3. The maximum absolute atomic E-state index is 13.2. The Morgan fingerprint density at radius 1 is 0.957 bits per heavy atom. The van der Waals surface area contributed by atoms with Gasteiger partial charge in [-0.15, -0.1) is 0 Å². The lowest BCUT2D eigenvalue weighted by molar-refractivity contribution is -0.137. The molecule has 4 aliphatic heterocycles. The van der Waals surface area contributed by atoms with Crippen LogP contribution < -0.4 is 36.2 Å². The van der Waals surface area contributed by atoms with Crippen molar-refractivity contribution in [1.29, 1.82) is 0 Å². The van der Waals surface area contributed by atoms with Crippen molar-refractivity contribution in [3.63, 3.8) is 0 Å². The molecular formula is C50H56ClN10O7P. The summed E-state index contributed by atoms with van der Waals surface area (Å²) < 4.78 is 18.9. The van der Waals surface area contributed by atoms with Gasteiger partial charge in [-0.2, -0.15) is 4.98 Å². The van der Waals surface area contributed by atoms with Crippen LogP contribution in [0.1, 0.15) is 60.0 Å². The molecule has 360 valence electrons. The number of ether oxygens (including phenoxy) is 1. The van der Waals surface area contributed by atoms with Gasteiger partial charge in [0.2, 0.25) is 17.8 Å². The highest BCUT2D eigenvalue weighted by Gasteiger charge is 2.40. The Balaban J connectivity index is 0.856. The summed E-state index contributed by atoms with van der Waals surface area (Å²) in [6, 6.07) is 16.2. The van der Waals surface area contributed by atoms with Gasteiger partial charge >= 0.3 is 0 Å². The van der Waals surface area contributed by atoms with Crippen molar-refractivity contribution in [3.05, 3.63) is 82.5 Å². The van der Waals surface area contributed by atoms with Crippen molar-refractivity contribution < 1.29 is 33.6 Å². The molecule has 4 amide bonds. The van der Waals surface area contributed by atoms with Gasteiger partial charge in [-0.3, -0.25) is 29.4 Å². The molecule has 1 unspecified atom stereocenters. The van der Waals surface area contributed by atoms with E-state index in [1.165, 1.54) is 6.20 Å². The molecule has 0 aliphatic carbocycles. The minimum atomic E-state index is -2.63. The third-order valence-corrected chi connectivity index (χ3v) is 14.7. The van der Waals surface area contributed by atoms with Gasteiger partial charge in [-0.05, 0) is 87.4 Å². The third-order valence-electron chi connectivity index (χ3n) is 12.9. The van der Waals surface area contributed by atoms with E-state index in [4.69, 9.17) is 16.3 Å². The fourth-order valence-corrected chi connectivity index (χ4v) is 10.7. The topological polar surface area (TPSA) is 202 Å². The number of hydrogen-bond donors (Lipinski definition) is 5. The number of rotatable bonds is 13. The molecule has 69 heavy (non-hydrogen) atoms. The van der Waals surface area contributed by atoms with Crippen molar-refractivity contribution in [2.24, 2.45) is 0 Å². The van der Waals surface area contributed by atoms with Crippen LogP contribution in [0.2, 0.25) is 5.02 Å². The summed E-state index contributed by atoms with van der Waals surface area (Å²) in [7, 11) is -1.06. The molecule has 3 aromatic carbocycles. The number of piperazine rings is 1. The first-order valence-electron chi connectivity index (χ1n) is 23.1. The molecule has 0 bridgehead atoms. The molecule has 5 heterocycles. The minimum absolute atomic E-state index is 0.196. The number of aliphatic hydroxyl groups excluding tert-OH is 1. The van der Waals surface area contributed by atoms with E-state index in [0.717, 1.165) is 88.3 Å². The van der Waals surface area contributed by atoms with Crippen LogP contribution in [-0.4, -0.2) is 138 Å². The van der Waals surface area contributed by atoms with Gasteiger partial charge in [0, 0.05) is 87.2 Å². The van der Waals surface area contributed by atoms with Crippen LogP contribution in [0.3, 0.4) is 0 Å². The SMILES string of the molecule is COc1cc(N2CCC(N3CCN(CCCC#Cc4cccc5c4CN(C4CCC(=O)NC4=O)C5=O)CC3)CC2)c(NC(=O)C#CCO)cc1Nc1ncc(Cl)c(Nc2ccccc2P(C)(C)=O)n1. The Labute approximate surface area is 407 Å². The van der Waals surface area contributed by atoms with Crippen molar-refractivity contribution in [2.45, 2.75) is 57.2 Å². The molecule has 1 aromatic heterocycles. The van der Waals surface area contributed by atoms with Crippen LogP contribution in [0.25, 0.3) is 0 Å². The number of benzene rings is 3. The molecule has 3 saturated heterocycles. The Kier molecular flexibility index (Phi) is 15.5. The van der Waals surface area contributed by atoms with Gasteiger partial charge in [-0.25, -0.2) is 4.98 Å². The third kappa shape index (κ3) is 11.7. The van der Waals surface area contributed by atoms with Gasteiger partial charge in [0.05, 0.1) is 36.1 Å². The van der Waals surface area contributed by atoms with Crippen LogP contribution >= 0.6 is 18.7 Å². The van der Waals surface area contributed by atoms with E-state index in [1.807, 2.05) is 42.5 Å². The van der Waals surface area contributed by atoms with E-state index in [1.54, 1.807) is 37.5 Å². The number of nitrogens with zero attached hydrogens (tertiary/aromatic N) is 6. The highest BCUT2D eigenvalue weighted by molar-refractivity contribution is 7.70. The first-order valence-corrected chi connectivity index (χ1v) is 26.1. The molecule has 8 rings (SSSR count). The molecule has 17 nitrogen and oxygen atoms in total. The molecule has 5 N–H and O–H groups in total. The van der Waals surface area contributed by atoms with Crippen molar-refractivity contribution in [3.8, 4) is 29.4 Å². The number of fused-ring (bicyclic) bond motifs is 1. The van der Waals surface area contributed by atoms with E-state index < -0.39 is 31.6 Å². The first kappa shape index (κ1) is 49.0. The zero-order valence-corrected chi connectivity index (χ0v) is 40.6. The van der Waals surface area contributed by atoms with Gasteiger partial charge in [0.25, 0.3) is 11.8 Å². The summed E-state index contributed by atoms with van der Waals surface area (Å²) in [4.78, 5) is 68.2. The number of unbranched alkanes of at least 4 members (excludes halogenated alkanes) is 1. The summed E-state index contributed by atoms with van der Waals surface area (Å²) in [6.07, 6.45) is 5.50. The Hall–Kier alpha value is -6.46. The lowest BCUT2D eigenvalue weighted by Gasteiger charge is -2.43. The summed E-state index contributed by atoms with van der Waals surface area (Å²) >= 11 is 6.53. The molecule has 4 aliphatic rings. The number of halogens is 1. The van der Waals surface area contributed by atoms with Crippen molar-refractivity contribution >= 4 is 82.2 Å². The van der Waals surface area contributed by atoms with E-state index in [9.17, 15) is 28.8 Å². The van der Waals surface area contributed by atoms with Crippen LogP contribution in [-0.2, 0) is 25.5 Å². The molecule has 0 saturated carbocycles. The Morgan fingerprint density at radius 3 is 2.48 bits per heavy atom. The largest absolute Gasteiger partial charge is 0.494 e. The number of amides is 4. The average Bonchev–Trinajstić information content (AvgIpc) is 3.68. The quantitative estimate of drug-likeness (QED) is 0.0520. The van der Waals surface area contributed by atoms with Gasteiger partial charge in [0.1, 0.15) is 30.6 Å². The number of imide groups is 1. The Morgan fingerprint density at radius 2 is 1.74 bits per heavy atom. The fourth-order valence-electron chi connectivity index (χ4n) is 9.36. The molecular weight excluding hydrogens is 919 g/mol. The lowest BCUT2D eigenvalue weighted by atomic mass is 10.0. The highest BCUT2D eigenvalue weighted by Crippen LogP contribution is 2.41. The van der Waals surface area contributed by atoms with E-state index >= 15 is 0 Å². The number of anilines is 6. The van der Waals surface area contributed by atoms with Gasteiger partial charge in [0.15, 0.2) is 5.82 Å². The van der Waals surface area contributed by atoms with Crippen LogP contribution in [0.15, 0.2) is 60.8 Å². The monoisotopic (exact) mass is 974 g/mol. The number of aromatic nitrogens is 2. The average molecular weight is 975 g/mol. The number of methoxy groups -OCH3 is 1. The predicted molar refractivity (Wildman–Crippen MR) is 267 cm³/mol. The van der Waals surface area contributed by atoms with E-state index in [0.29, 0.717) is 58.5 Å². The van der Waals surface area contributed by atoms with Crippen LogP contribution in [0, 0.1) is 23.7 Å². The zero-order valence-electron chi connectivity index (χ0n) is 38.9. The standard InChI is InChI=1S/C50H56ClN10O7P/c1-68-43-30-42(39(53-45(63)16-10-28-62)29-40(43)55-50-52-31-37(51)47(57-50)54-38-14-6-7-15-44(38)69(2,3)67)60-22-19-34(20-23-60)59-26-24-58(25-27-59)21-8-4-5-11-33-12-9-13-35-36(33)32-61(49(35)66)41-17-18-46(64)56-48(41)65/h6-7,9,12-15,29-31,34,41,62H,4,8,17-28,32H2,1-3H3,(H,53,63)(H,56,64,65)(H2,52,54,55,57). The summed E-state index contributed by atoms with van der Waals surface area (Å²) in [6.45, 7) is 9.57. The highest BCUT2D eigenvalue weighted by atomic mass is 35.5. The summed E-state index contributed by atoms with van der Waals surface area (Å²) in [5.74, 6) is 10.9. The van der Waals surface area contributed by atoms with Crippen LogP contribution in [0.4, 0.5) is 34.5 Å². The molecule has 0 spiro atoms. The molecule has 19 heteroatoms. The molecule has 1 atom stereocenters. The lowest BCUT2D eigenvalue weighted by Crippen LogP contribution is -2.53. The molecule has 4 aromatic rings. The zero-order chi connectivity index (χ0) is 48.7. The van der Waals surface area contributed by atoms with Gasteiger partial charge in [-0.1, -0.05) is 47.6 Å². The second kappa shape index (κ2) is 21.9. The van der Waals surface area contributed by atoms with Crippen molar-refractivity contribution in [1.82, 2.24) is 30.0 Å². The maximum atomic E-state index is 13.2. The van der Waals surface area contributed by atoms with Crippen molar-refractivity contribution in [2.75, 3.05) is 93.7 Å². The second-order valence-corrected chi connectivity index (χ2v) is 21.3. The number of piperidine rings is 2. The minimum Gasteiger partial charge on any atom is -0.494 e. The van der Waals surface area contributed by atoms with E-state index in [-0.39, 0.29) is 29.2 Å². The predicted octanol–water partition coefficient (Wildman–Crippen LogP) is 4.99. The summed E-state index contributed by atoms with van der Waals surface area (Å²) in [5, 5.41) is 21.9. The smallest absolute Gasteiger partial charge is 0.300 e. The number of carbonyl (C=O) groups is 4. The maximum Gasteiger partial charge on any atom is 0.300 e. The number of hydrogen-bond acceptors (Lipinski definition) is 14. The normalized spacial score (nSPS) is 17.8. The Bertz CT molecular complexity index is 2800. The summed E-state index contributed by atoms with van der Waals surface area (Å²) in [5.41, 5.74) is 4.56. The molecule has 0 radical (unpaired) electrons. The fraction of sp³-hybridized carbons (Fsp3) is 0.400. The number of nitrogens with one attached hydrogen (secondary N) is 4. The molecule has 3 fully saturated rings. The van der Waals surface area contributed by atoms with Gasteiger partial charge < -0.3 is 45.1 Å². The second-order valence-electron chi connectivity index (χ2n) is 17.7. The van der Waals surface area contributed by atoms with E-state index in [2.05, 4.69) is 69.6 Å². The van der Waals surface area contributed by atoms with Crippen LogP contribution in [0.5, 0.6) is 5.75 Å².